The SMILES string of the molecule is C[C@@H](C[C@H](O)c1cccs1)Nc1ncccn1. The fourth-order valence-electron chi connectivity index (χ4n) is 1.58. The highest BCUT2D eigenvalue weighted by Crippen LogP contribution is 2.23. The van der Waals surface area contributed by atoms with Crippen molar-refractivity contribution in [2.75, 3.05) is 5.32 Å². The molecule has 2 atom stereocenters. The van der Waals surface area contributed by atoms with Gasteiger partial charge in [0, 0.05) is 23.3 Å². The Balaban J connectivity index is 1.87. The maximum atomic E-state index is 9.99. The molecule has 0 bridgehead atoms. The van der Waals surface area contributed by atoms with Gasteiger partial charge in [-0.05, 0) is 30.9 Å². The third kappa shape index (κ3) is 3.51. The van der Waals surface area contributed by atoms with Crippen molar-refractivity contribution < 1.29 is 5.11 Å². The lowest BCUT2D eigenvalue weighted by atomic mass is 10.1. The average Bonchev–Trinajstić information content (AvgIpc) is 2.83. The highest BCUT2D eigenvalue weighted by molar-refractivity contribution is 7.10. The van der Waals surface area contributed by atoms with Gasteiger partial charge in [-0.25, -0.2) is 9.97 Å². The number of aromatic nitrogens is 2. The van der Waals surface area contributed by atoms with E-state index in [-0.39, 0.29) is 6.04 Å². The lowest BCUT2D eigenvalue weighted by Crippen LogP contribution is -2.19. The summed E-state index contributed by atoms with van der Waals surface area (Å²) in [6.45, 7) is 2.01. The van der Waals surface area contributed by atoms with E-state index in [9.17, 15) is 5.11 Å². The van der Waals surface area contributed by atoms with E-state index in [1.165, 1.54) is 0 Å². The van der Waals surface area contributed by atoms with Crippen molar-refractivity contribution in [1.29, 1.82) is 0 Å². The zero-order valence-electron chi connectivity index (χ0n) is 9.58. The Bertz CT molecular complexity index is 432. The molecule has 90 valence electrons. The average molecular weight is 249 g/mol. The molecule has 4 nitrogen and oxygen atoms in total. The van der Waals surface area contributed by atoms with Crippen LogP contribution < -0.4 is 5.32 Å². The summed E-state index contributed by atoms with van der Waals surface area (Å²) < 4.78 is 0. The van der Waals surface area contributed by atoms with Crippen LogP contribution >= 0.6 is 11.3 Å². The summed E-state index contributed by atoms with van der Waals surface area (Å²) in [7, 11) is 0. The maximum Gasteiger partial charge on any atom is 0.222 e. The zero-order valence-corrected chi connectivity index (χ0v) is 10.4. The van der Waals surface area contributed by atoms with E-state index < -0.39 is 6.10 Å². The Morgan fingerprint density at radius 1 is 1.35 bits per heavy atom. The van der Waals surface area contributed by atoms with E-state index in [4.69, 9.17) is 0 Å². The molecule has 0 saturated carbocycles. The van der Waals surface area contributed by atoms with Gasteiger partial charge in [0.05, 0.1) is 6.10 Å². The first-order chi connectivity index (χ1) is 8.25. The summed E-state index contributed by atoms with van der Waals surface area (Å²) in [4.78, 5) is 9.17. The van der Waals surface area contributed by atoms with Crippen LogP contribution in [0.3, 0.4) is 0 Å². The van der Waals surface area contributed by atoms with E-state index in [0.717, 1.165) is 4.88 Å². The predicted octanol–water partition coefficient (Wildman–Crippen LogP) is 2.46. The first-order valence-electron chi connectivity index (χ1n) is 5.50. The normalized spacial score (nSPS) is 14.2. The molecule has 0 radical (unpaired) electrons. The zero-order chi connectivity index (χ0) is 12.1. The Kier molecular flexibility index (Phi) is 4.06. The van der Waals surface area contributed by atoms with Gasteiger partial charge < -0.3 is 10.4 Å². The van der Waals surface area contributed by atoms with Gasteiger partial charge in [0.15, 0.2) is 0 Å². The molecule has 0 aliphatic rings. The van der Waals surface area contributed by atoms with Crippen LogP contribution in [-0.4, -0.2) is 21.1 Å². The van der Waals surface area contributed by atoms with Crippen LogP contribution in [0, 0.1) is 0 Å². The molecule has 2 rings (SSSR count). The molecule has 0 unspecified atom stereocenters. The maximum absolute atomic E-state index is 9.99. The second-order valence-electron chi connectivity index (χ2n) is 3.88. The van der Waals surface area contributed by atoms with Crippen LogP contribution in [0.15, 0.2) is 36.0 Å². The molecule has 2 aromatic heterocycles. The Morgan fingerprint density at radius 3 is 2.76 bits per heavy atom. The van der Waals surface area contributed by atoms with Gasteiger partial charge in [0.25, 0.3) is 0 Å². The van der Waals surface area contributed by atoms with Crippen LogP contribution in [0.1, 0.15) is 24.3 Å². The molecule has 2 N–H and O–H groups in total. The summed E-state index contributed by atoms with van der Waals surface area (Å²) >= 11 is 1.57. The molecule has 2 heterocycles. The monoisotopic (exact) mass is 249 g/mol. The second kappa shape index (κ2) is 5.75. The molecule has 0 spiro atoms. The first-order valence-corrected chi connectivity index (χ1v) is 6.38. The van der Waals surface area contributed by atoms with Gasteiger partial charge in [-0.1, -0.05) is 6.07 Å². The Hall–Kier alpha value is -1.46. The van der Waals surface area contributed by atoms with Crippen LogP contribution in [-0.2, 0) is 0 Å². The summed E-state index contributed by atoms with van der Waals surface area (Å²) in [6.07, 6.45) is 3.59. The number of rotatable bonds is 5. The fourth-order valence-corrected chi connectivity index (χ4v) is 2.31. The van der Waals surface area contributed by atoms with Crippen molar-refractivity contribution in [1.82, 2.24) is 9.97 Å². The number of hydrogen-bond acceptors (Lipinski definition) is 5. The largest absolute Gasteiger partial charge is 0.387 e. The third-order valence-electron chi connectivity index (χ3n) is 2.39. The summed E-state index contributed by atoms with van der Waals surface area (Å²) in [5.41, 5.74) is 0. The molecular formula is C12H15N3OS. The lowest BCUT2D eigenvalue weighted by Gasteiger charge is -2.16. The molecule has 2 aromatic rings. The topological polar surface area (TPSA) is 58.0 Å². The lowest BCUT2D eigenvalue weighted by molar-refractivity contribution is 0.166. The summed E-state index contributed by atoms with van der Waals surface area (Å²) in [5.74, 6) is 0.596. The number of anilines is 1. The van der Waals surface area contributed by atoms with Crippen molar-refractivity contribution in [3.8, 4) is 0 Å². The minimum Gasteiger partial charge on any atom is -0.387 e. The number of nitrogens with zero attached hydrogens (tertiary/aromatic N) is 2. The van der Waals surface area contributed by atoms with Gasteiger partial charge in [-0.15, -0.1) is 11.3 Å². The van der Waals surface area contributed by atoms with Crippen molar-refractivity contribution >= 4 is 17.3 Å². The van der Waals surface area contributed by atoms with E-state index in [1.54, 1.807) is 29.8 Å². The van der Waals surface area contributed by atoms with E-state index >= 15 is 0 Å². The minimum atomic E-state index is -0.429. The van der Waals surface area contributed by atoms with Crippen LogP contribution in [0.4, 0.5) is 5.95 Å². The molecule has 0 fully saturated rings. The third-order valence-corrected chi connectivity index (χ3v) is 3.36. The fraction of sp³-hybridized carbons (Fsp3) is 0.333. The van der Waals surface area contributed by atoms with Crippen LogP contribution in [0.25, 0.3) is 0 Å². The first kappa shape index (κ1) is 12.0. The number of aliphatic hydroxyl groups is 1. The predicted molar refractivity (Wildman–Crippen MR) is 69.0 cm³/mol. The summed E-state index contributed by atoms with van der Waals surface area (Å²) in [5, 5.41) is 15.1. The number of thiophene rings is 1. The van der Waals surface area contributed by atoms with Crippen LogP contribution in [0.5, 0.6) is 0 Å². The van der Waals surface area contributed by atoms with Crippen LogP contribution in [0.2, 0.25) is 0 Å². The van der Waals surface area contributed by atoms with Crippen molar-refractivity contribution in [2.45, 2.75) is 25.5 Å². The van der Waals surface area contributed by atoms with E-state index in [1.807, 2.05) is 24.4 Å². The molecule has 0 amide bonds. The quantitative estimate of drug-likeness (QED) is 0.854. The Morgan fingerprint density at radius 2 is 2.12 bits per heavy atom. The van der Waals surface area contributed by atoms with Gasteiger partial charge in [-0.3, -0.25) is 0 Å². The Labute approximate surface area is 104 Å². The number of aliphatic hydroxyl groups excluding tert-OH is 1. The molecule has 0 aliphatic heterocycles. The van der Waals surface area contributed by atoms with Gasteiger partial charge in [0.1, 0.15) is 0 Å². The molecule has 0 aliphatic carbocycles. The number of hydrogen-bond donors (Lipinski definition) is 2. The van der Waals surface area contributed by atoms with E-state index in [0.29, 0.717) is 12.4 Å². The highest BCUT2D eigenvalue weighted by atomic mass is 32.1. The standard InChI is InChI=1S/C12H15N3OS/c1-9(15-12-13-5-3-6-14-12)8-10(16)11-4-2-7-17-11/h2-7,9-10,16H,8H2,1H3,(H,13,14,15)/t9-,10-/m0/s1. The summed E-state index contributed by atoms with van der Waals surface area (Å²) in [6, 6.07) is 5.79. The van der Waals surface area contributed by atoms with Crippen molar-refractivity contribution in [2.24, 2.45) is 0 Å². The minimum absolute atomic E-state index is 0.120. The van der Waals surface area contributed by atoms with E-state index in [2.05, 4.69) is 15.3 Å². The second-order valence-corrected chi connectivity index (χ2v) is 4.86. The van der Waals surface area contributed by atoms with Crippen molar-refractivity contribution in [3.63, 3.8) is 0 Å². The smallest absolute Gasteiger partial charge is 0.222 e. The molecule has 0 aromatic carbocycles. The number of nitrogens with one attached hydrogen (secondary N) is 1. The van der Waals surface area contributed by atoms with Gasteiger partial charge in [-0.2, -0.15) is 0 Å². The molecule has 5 heteroatoms. The van der Waals surface area contributed by atoms with Crippen molar-refractivity contribution in [3.05, 3.63) is 40.8 Å². The molecular weight excluding hydrogens is 234 g/mol. The highest BCUT2D eigenvalue weighted by Gasteiger charge is 2.13. The molecule has 17 heavy (non-hydrogen) atoms. The van der Waals surface area contributed by atoms with Gasteiger partial charge in [0.2, 0.25) is 5.95 Å². The van der Waals surface area contributed by atoms with Gasteiger partial charge >= 0.3 is 0 Å². The molecule has 0 saturated heterocycles.